The number of rotatable bonds is 5. The zero-order valence-electron chi connectivity index (χ0n) is 11.1. The second kappa shape index (κ2) is 7.40. The van der Waals surface area contributed by atoms with Gasteiger partial charge in [0.15, 0.2) is 0 Å². The summed E-state index contributed by atoms with van der Waals surface area (Å²) in [5.74, 6) is 0.471. The summed E-state index contributed by atoms with van der Waals surface area (Å²) in [5, 5.41) is 2.76. The number of nitrogens with one attached hydrogen (secondary N) is 1. The molecule has 0 saturated heterocycles. The minimum Gasteiger partial charge on any atom is -0.465 e. The van der Waals surface area contributed by atoms with Gasteiger partial charge in [-0.25, -0.2) is 0 Å². The van der Waals surface area contributed by atoms with Crippen LogP contribution >= 0.6 is 11.8 Å². The highest BCUT2D eigenvalue weighted by Gasteiger charge is 1.98. The van der Waals surface area contributed by atoms with Crippen molar-refractivity contribution in [2.24, 2.45) is 0 Å². The number of thioether (sulfide) groups is 1. The molecule has 0 aliphatic rings. The Morgan fingerprint density at radius 1 is 1.10 bits per heavy atom. The van der Waals surface area contributed by atoms with Gasteiger partial charge in [-0.3, -0.25) is 4.79 Å². The van der Waals surface area contributed by atoms with Crippen molar-refractivity contribution >= 4 is 23.4 Å². The Bertz CT molecular complexity index is 579. The lowest BCUT2D eigenvalue weighted by Gasteiger charge is -2.03. The van der Waals surface area contributed by atoms with Crippen molar-refractivity contribution in [3.63, 3.8) is 0 Å². The van der Waals surface area contributed by atoms with Crippen LogP contribution < -0.4 is 10.1 Å². The fourth-order valence-corrected chi connectivity index (χ4v) is 1.94. The molecule has 2 rings (SSSR count). The number of hydrogen-bond donors (Lipinski definition) is 1. The minimum atomic E-state index is -0.224. The molecule has 0 radical (unpaired) electrons. The summed E-state index contributed by atoms with van der Waals surface area (Å²) in [4.78, 5) is 12.8. The molecule has 0 aromatic heterocycles. The summed E-state index contributed by atoms with van der Waals surface area (Å²) >= 11 is 1.66. The van der Waals surface area contributed by atoms with Crippen molar-refractivity contribution in [1.29, 1.82) is 0 Å². The topological polar surface area (TPSA) is 38.3 Å². The summed E-state index contributed by atoms with van der Waals surface area (Å²) in [6.07, 6.45) is 4.74. The lowest BCUT2D eigenvalue weighted by atomic mass is 10.3. The van der Waals surface area contributed by atoms with Crippen LogP contribution in [0.5, 0.6) is 5.75 Å². The van der Waals surface area contributed by atoms with E-state index < -0.39 is 0 Å². The molecular weight excluding hydrogens is 270 g/mol. The average Bonchev–Trinajstić information content (AvgIpc) is 2.49. The maximum Gasteiger partial charge on any atom is 0.251 e. The Morgan fingerprint density at radius 3 is 2.45 bits per heavy atom. The summed E-state index contributed by atoms with van der Waals surface area (Å²) in [6.45, 7) is 0. The molecular formula is C16H15NO2S. The second-order valence-electron chi connectivity index (χ2n) is 3.95. The molecule has 1 N–H and O–H groups in total. The largest absolute Gasteiger partial charge is 0.465 e. The fourth-order valence-electron chi connectivity index (χ4n) is 1.53. The Labute approximate surface area is 122 Å². The third-order valence-corrected chi connectivity index (χ3v) is 3.27. The molecule has 0 aliphatic carbocycles. The number of anilines is 1. The van der Waals surface area contributed by atoms with Crippen LogP contribution in [0, 0.1) is 0 Å². The van der Waals surface area contributed by atoms with Crippen LogP contribution in [-0.2, 0) is 4.79 Å². The monoisotopic (exact) mass is 285 g/mol. The van der Waals surface area contributed by atoms with E-state index in [1.807, 2.05) is 60.9 Å². The van der Waals surface area contributed by atoms with Crippen LogP contribution in [0.15, 0.2) is 71.8 Å². The van der Waals surface area contributed by atoms with Gasteiger partial charge >= 0.3 is 0 Å². The number of carbonyl (C=O) groups is 1. The number of carbonyl (C=O) groups excluding carboxylic acids is 1. The normalized spacial score (nSPS) is 10.4. The molecule has 2 aromatic rings. The Kier molecular flexibility index (Phi) is 5.26. The predicted molar refractivity (Wildman–Crippen MR) is 83.1 cm³/mol. The number of hydrogen-bond acceptors (Lipinski definition) is 3. The van der Waals surface area contributed by atoms with Crippen LogP contribution in [0.3, 0.4) is 0 Å². The highest BCUT2D eigenvalue weighted by atomic mass is 32.2. The van der Waals surface area contributed by atoms with Gasteiger partial charge in [0.05, 0.1) is 6.26 Å². The first kappa shape index (κ1) is 14.2. The lowest BCUT2D eigenvalue weighted by molar-refractivity contribution is -0.112. The minimum absolute atomic E-state index is 0.224. The average molecular weight is 285 g/mol. The van der Waals surface area contributed by atoms with Crippen molar-refractivity contribution in [2.45, 2.75) is 4.90 Å². The highest BCUT2D eigenvalue weighted by molar-refractivity contribution is 7.98. The fraction of sp³-hybridized carbons (Fsp3) is 0.0625. The van der Waals surface area contributed by atoms with E-state index in [1.54, 1.807) is 11.8 Å². The third-order valence-electron chi connectivity index (χ3n) is 2.52. The number of amides is 1. The van der Waals surface area contributed by atoms with E-state index in [2.05, 4.69) is 5.32 Å². The van der Waals surface area contributed by atoms with E-state index in [1.165, 1.54) is 12.3 Å². The molecule has 102 valence electrons. The van der Waals surface area contributed by atoms with Gasteiger partial charge in [0.1, 0.15) is 5.75 Å². The van der Waals surface area contributed by atoms with Crippen LogP contribution in [0.4, 0.5) is 5.69 Å². The van der Waals surface area contributed by atoms with Gasteiger partial charge in [0.25, 0.3) is 5.91 Å². The molecule has 0 heterocycles. The van der Waals surface area contributed by atoms with E-state index in [9.17, 15) is 4.79 Å². The second-order valence-corrected chi connectivity index (χ2v) is 4.83. The molecule has 0 spiro atoms. The van der Waals surface area contributed by atoms with Crippen molar-refractivity contribution in [3.05, 3.63) is 66.9 Å². The van der Waals surface area contributed by atoms with Gasteiger partial charge in [-0.2, -0.15) is 0 Å². The van der Waals surface area contributed by atoms with E-state index in [0.29, 0.717) is 5.75 Å². The highest BCUT2D eigenvalue weighted by Crippen LogP contribution is 2.17. The van der Waals surface area contributed by atoms with Gasteiger partial charge in [-0.1, -0.05) is 18.2 Å². The SMILES string of the molecule is CSc1ccc(NC(=O)C=COc2ccccc2)cc1. The molecule has 0 bridgehead atoms. The van der Waals surface area contributed by atoms with Gasteiger partial charge in [-0.05, 0) is 42.7 Å². The molecule has 0 fully saturated rings. The summed E-state index contributed by atoms with van der Waals surface area (Å²) in [7, 11) is 0. The van der Waals surface area contributed by atoms with Crippen molar-refractivity contribution < 1.29 is 9.53 Å². The van der Waals surface area contributed by atoms with Crippen LogP contribution in [0.1, 0.15) is 0 Å². The van der Waals surface area contributed by atoms with Crippen LogP contribution in [0.2, 0.25) is 0 Å². The molecule has 0 atom stereocenters. The van der Waals surface area contributed by atoms with Crippen molar-refractivity contribution in [1.82, 2.24) is 0 Å². The van der Waals surface area contributed by atoms with E-state index in [0.717, 1.165) is 10.6 Å². The molecule has 4 heteroatoms. The summed E-state index contributed by atoms with van der Waals surface area (Å²) < 4.78 is 5.31. The van der Waals surface area contributed by atoms with Gasteiger partial charge in [-0.15, -0.1) is 11.8 Å². The van der Waals surface area contributed by atoms with Gasteiger partial charge < -0.3 is 10.1 Å². The maximum atomic E-state index is 11.7. The molecule has 0 unspecified atom stereocenters. The Hall–Kier alpha value is -2.20. The van der Waals surface area contributed by atoms with E-state index in [-0.39, 0.29) is 5.91 Å². The Morgan fingerprint density at radius 2 is 1.80 bits per heavy atom. The van der Waals surface area contributed by atoms with E-state index in [4.69, 9.17) is 4.74 Å². The van der Waals surface area contributed by atoms with Crippen LogP contribution in [0.25, 0.3) is 0 Å². The first-order valence-corrected chi connectivity index (χ1v) is 7.34. The molecule has 2 aromatic carbocycles. The molecule has 1 amide bonds. The molecule has 0 aliphatic heterocycles. The van der Waals surface area contributed by atoms with Gasteiger partial charge in [0, 0.05) is 16.7 Å². The molecule has 0 saturated carbocycles. The van der Waals surface area contributed by atoms with Gasteiger partial charge in [0.2, 0.25) is 0 Å². The summed E-state index contributed by atoms with van der Waals surface area (Å²) in [5.41, 5.74) is 0.761. The van der Waals surface area contributed by atoms with E-state index >= 15 is 0 Å². The number of para-hydroxylation sites is 1. The lowest BCUT2D eigenvalue weighted by Crippen LogP contribution is -2.08. The third kappa shape index (κ3) is 4.48. The quantitative estimate of drug-likeness (QED) is 0.514. The predicted octanol–water partition coefficient (Wildman–Crippen LogP) is 3.94. The maximum absolute atomic E-state index is 11.7. The number of benzene rings is 2. The molecule has 20 heavy (non-hydrogen) atoms. The summed E-state index contributed by atoms with van der Waals surface area (Å²) in [6, 6.07) is 17.0. The van der Waals surface area contributed by atoms with Crippen molar-refractivity contribution in [3.8, 4) is 5.75 Å². The first-order chi connectivity index (χ1) is 9.78. The first-order valence-electron chi connectivity index (χ1n) is 6.11. The Balaban J connectivity index is 1.85. The van der Waals surface area contributed by atoms with Crippen LogP contribution in [-0.4, -0.2) is 12.2 Å². The zero-order valence-corrected chi connectivity index (χ0v) is 11.9. The smallest absolute Gasteiger partial charge is 0.251 e. The van der Waals surface area contributed by atoms with Crippen molar-refractivity contribution in [2.75, 3.05) is 11.6 Å². The molecule has 3 nitrogen and oxygen atoms in total. The standard InChI is InChI=1S/C16H15NO2S/c1-20-15-9-7-13(8-10-15)17-16(18)11-12-19-14-5-3-2-4-6-14/h2-12H,1H3,(H,17,18). The zero-order chi connectivity index (χ0) is 14.2. The number of ether oxygens (including phenoxy) is 1.